The fraction of sp³-hybridized carbons (Fsp3) is 0.100. The number of ether oxygens (including phenoxy) is 1. The van der Waals surface area contributed by atoms with E-state index in [0.29, 0.717) is 11.8 Å². The van der Waals surface area contributed by atoms with Crippen LogP contribution in [0.2, 0.25) is 0 Å². The molecule has 0 atom stereocenters. The predicted molar refractivity (Wildman–Crippen MR) is 48.1 cm³/mol. The SMILES string of the molecule is COc1c(F)cccc1/C=C/C=O. The van der Waals surface area contributed by atoms with Crippen molar-refractivity contribution in [2.45, 2.75) is 0 Å². The Balaban J connectivity index is 3.12. The smallest absolute Gasteiger partial charge is 0.165 e. The number of carbonyl (C=O) groups is 1. The minimum absolute atomic E-state index is 0.153. The van der Waals surface area contributed by atoms with Crippen LogP contribution in [0.15, 0.2) is 24.3 Å². The standard InChI is InChI=1S/C10H9FO2/c1-13-10-8(5-3-7-12)4-2-6-9(10)11/h2-7H,1H3/b5-3+. The van der Waals surface area contributed by atoms with E-state index >= 15 is 0 Å². The van der Waals surface area contributed by atoms with Gasteiger partial charge >= 0.3 is 0 Å². The maximum absolute atomic E-state index is 13.0. The molecule has 2 nitrogen and oxygen atoms in total. The second kappa shape index (κ2) is 4.40. The number of hydrogen-bond acceptors (Lipinski definition) is 2. The summed E-state index contributed by atoms with van der Waals surface area (Å²) in [7, 11) is 1.39. The van der Waals surface area contributed by atoms with Crippen molar-refractivity contribution in [1.29, 1.82) is 0 Å². The van der Waals surface area contributed by atoms with Crippen LogP contribution in [0.4, 0.5) is 4.39 Å². The number of rotatable bonds is 3. The summed E-state index contributed by atoms with van der Waals surface area (Å²) in [5.41, 5.74) is 0.551. The lowest BCUT2D eigenvalue weighted by Gasteiger charge is -2.04. The van der Waals surface area contributed by atoms with E-state index in [1.165, 1.54) is 25.3 Å². The van der Waals surface area contributed by atoms with E-state index in [9.17, 15) is 9.18 Å². The summed E-state index contributed by atoms with van der Waals surface area (Å²) < 4.78 is 17.9. The molecule has 3 heteroatoms. The zero-order valence-corrected chi connectivity index (χ0v) is 7.16. The number of carbonyl (C=O) groups excluding carboxylic acids is 1. The number of allylic oxidation sites excluding steroid dienone is 1. The Morgan fingerprint density at radius 3 is 2.85 bits per heavy atom. The summed E-state index contributed by atoms with van der Waals surface area (Å²) in [6.45, 7) is 0. The summed E-state index contributed by atoms with van der Waals surface area (Å²) in [6, 6.07) is 4.53. The molecule has 0 amide bonds. The van der Waals surface area contributed by atoms with Gasteiger partial charge in [-0.25, -0.2) is 4.39 Å². The number of benzene rings is 1. The first-order chi connectivity index (χ1) is 6.29. The normalized spacial score (nSPS) is 10.3. The molecule has 0 heterocycles. The van der Waals surface area contributed by atoms with Gasteiger partial charge in [-0.05, 0) is 18.2 Å². The molecule has 0 unspecified atom stereocenters. The summed E-state index contributed by atoms with van der Waals surface area (Å²) >= 11 is 0. The lowest BCUT2D eigenvalue weighted by atomic mass is 10.2. The van der Waals surface area contributed by atoms with Crippen LogP contribution in [0, 0.1) is 5.82 Å². The molecule has 0 N–H and O–H groups in total. The zero-order chi connectivity index (χ0) is 9.68. The van der Waals surface area contributed by atoms with Crippen molar-refractivity contribution >= 4 is 12.4 Å². The number of aldehydes is 1. The van der Waals surface area contributed by atoms with Crippen LogP contribution in [0.3, 0.4) is 0 Å². The average Bonchev–Trinajstić information content (AvgIpc) is 2.15. The molecule has 13 heavy (non-hydrogen) atoms. The number of methoxy groups -OCH3 is 1. The zero-order valence-electron chi connectivity index (χ0n) is 7.16. The second-order valence-electron chi connectivity index (χ2n) is 2.36. The highest BCUT2D eigenvalue weighted by Gasteiger charge is 2.04. The molecule has 0 aliphatic heterocycles. The fourth-order valence-electron chi connectivity index (χ4n) is 1.02. The van der Waals surface area contributed by atoms with Crippen LogP contribution < -0.4 is 4.74 Å². The van der Waals surface area contributed by atoms with Crippen molar-refractivity contribution in [2.75, 3.05) is 7.11 Å². The fourth-order valence-corrected chi connectivity index (χ4v) is 1.02. The van der Waals surface area contributed by atoms with Gasteiger partial charge in [0.05, 0.1) is 7.11 Å². The highest BCUT2D eigenvalue weighted by Crippen LogP contribution is 2.22. The molecule has 0 saturated heterocycles. The molecule has 1 rings (SSSR count). The largest absolute Gasteiger partial charge is 0.493 e. The lowest BCUT2D eigenvalue weighted by molar-refractivity contribution is -0.104. The first-order valence-electron chi connectivity index (χ1n) is 3.74. The van der Waals surface area contributed by atoms with E-state index in [1.54, 1.807) is 12.1 Å². The summed E-state index contributed by atoms with van der Waals surface area (Å²) in [6.07, 6.45) is 3.41. The summed E-state index contributed by atoms with van der Waals surface area (Å²) in [5.74, 6) is -0.281. The van der Waals surface area contributed by atoms with Crippen molar-refractivity contribution in [3.63, 3.8) is 0 Å². The highest BCUT2D eigenvalue weighted by molar-refractivity contribution is 5.75. The van der Waals surface area contributed by atoms with Crippen molar-refractivity contribution in [1.82, 2.24) is 0 Å². The highest BCUT2D eigenvalue weighted by atomic mass is 19.1. The van der Waals surface area contributed by atoms with Crippen LogP contribution in [-0.4, -0.2) is 13.4 Å². The molecule has 0 aliphatic rings. The molecule has 0 spiro atoms. The van der Waals surface area contributed by atoms with Crippen LogP contribution >= 0.6 is 0 Å². The van der Waals surface area contributed by atoms with E-state index in [0.717, 1.165) is 0 Å². The predicted octanol–water partition coefficient (Wildman–Crippen LogP) is 2.05. The molecular formula is C10H9FO2. The molecule has 1 aromatic carbocycles. The molecule has 0 fully saturated rings. The average molecular weight is 180 g/mol. The Labute approximate surface area is 75.6 Å². The Morgan fingerprint density at radius 1 is 1.46 bits per heavy atom. The molecule has 0 aliphatic carbocycles. The maximum Gasteiger partial charge on any atom is 0.165 e. The number of para-hydroxylation sites is 1. The molecular weight excluding hydrogens is 171 g/mol. The van der Waals surface area contributed by atoms with E-state index in [2.05, 4.69) is 0 Å². The first kappa shape index (κ1) is 9.45. The van der Waals surface area contributed by atoms with Gasteiger partial charge in [0, 0.05) is 5.56 Å². The van der Waals surface area contributed by atoms with Crippen LogP contribution in [0.25, 0.3) is 6.08 Å². The Kier molecular flexibility index (Phi) is 3.20. The van der Waals surface area contributed by atoms with Crippen molar-refractivity contribution in [2.24, 2.45) is 0 Å². The molecule has 0 aromatic heterocycles. The summed E-state index contributed by atoms with van der Waals surface area (Å²) in [4.78, 5) is 10.0. The van der Waals surface area contributed by atoms with Crippen LogP contribution in [-0.2, 0) is 4.79 Å². The molecule has 0 saturated carbocycles. The maximum atomic E-state index is 13.0. The minimum atomic E-state index is -0.435. The van der Waals surface area contributed by atoms with Gasteiger partial charge in [-0.2, -0.15) is 0 Å². The van der Waals surface area contributed by atoms with E-state index in [4.69, 9.17) is 4.74 Å². The van der Waals surface area contributed by atoms with Gasteiger partial charge < -0.3 is 4.74 Å². The third-order valence-corrected chi connectivity index (χ3v) is 1.56. The van der Waals surface area contributed by atoms with Gasteiger partial charge in [0.2, 0.25) is 0 Å². The van der Waals surface area contributed by atoms with Gasteiger partial charge in [0.15, 0.2) is 11.6 Å². The second-order valence-corrected chi connectivity index (χ2v) is 2.36. The molecule has 1 aromatic rings. The Bertz CT molecular complexity index is 332. The van der Waals surface area contributed by atoms with Gasteiger partial charge in [0.1, 0.15) is 6.29 Å². The first-order valence-corrected chi connectivity index (χ1v) is 3.74. The molecule has 0 bridgehead atoms. The Hall–Kier alpha value is -1.64. The third kappa shape index (κ3) is 2.15. The van der Waals surface area contributed by atoms with Gasteiger partial charge in [-0.1, -0.05) is 12.1 Å². The third-order valence-electron chi connectivity index (χ3n) is 1.56. The molecule has 0 radical (unpaired) electrons. The van der Waals surface area contributed by atoms with Gasteiger partial charge in [-0.3, -0.25) is 4.79 Å². The summed E-state index contributed by atoms with van der Waals surface area (Å²) in [5, 5.41) is 0. The van der Waals surface area contributed by atoms with Crippen molar-refractivity contribution < 1.29 is 13.9 Å². The van der Waals surface area contributed by atoms with Crippen LogP contribution in [0.1, 0.15) is 5.56 Å². The van der Waals surface area contributed by atoms with Gasteiger partial charge in [-0.15, -0.1) is 0 Å². The Morgan fingerprint density at radius 2 is 2.23 bits per heavy atom. The quantitative estimate of drug-likeness (QED) is 0.525. The topological polar surface area (TPSA) is 26.3 Å². The van der Waals surface area contributed by atoms with E-state index < -0.39 is 5.82 Å². The minimum Gasteiger partial charge on any atom is -0.493 e. The molecule has 68 valence electrons. The lowest BCUT2D eigenvalue weighted by Crippen LogP contribution is -1.90. The van der Waals surface area contributed by atoms with Crippen molar-refractivity contribution in [3.05, 3.63) is 35.7 Å². The number of halogens is 1. The monoisotopic (exact) mass is 180 g/mol. The van der Waals surface area contributed by atoms with E-state index in [-0.39, 0.29) is 5.75 Å². The van der Waals surface area contributed by atoms with E-state index in [1.807, 2.05) is 0 Å². The van der Waals surface area contributed by atoms with Gasteiger partial charge in [0.25, 0.3) is 0 Å². The number of hydrogen-bond donors (Lipinski definition) is 0. The van der Waals surface area contributed by atoms with Crippen molar-refractivity contribution in [3.8, 4) is 5.75 Å². The van der Waals surface area contributed by atoms with Crippen LogP contribution in [0.5, 0.6) is 5.75 Å².